The number of nitro benzene ring substituents is 1. The number of amides is 1. The summed E-state index contributed by atoms with van der Waals surface area (Å²) < 4.78 is 13.6. The highest BCUT2D eigenvalue weighted by Gasteiger charge is 2.22. The first-order valence-electron chi connectivity index (χ1n) is 5.77. The van der Waals surface area contributed by atoms with Crippen molar-refractivity contribution in [1.82, 2.24) is 5.32 Å². The Morgan fingerprint density at radius 3 is 2.67 bits per heavy atom. The smallest absolute Gasteiger partial charge is 0.342 e. The van der Waals surface area contributed by atoms with E-state index in [0.717, 1.165) is 6.07 Å². The third-order valence-corrected chi connectivity index (χ3v) is 2.36. The van der Waals surface area contributed by atoms with Crippen LogP contribution in [0.4, 0.5) is 10.1 Å². The Labute approximate surface area is 118 Å². The molecule has 0 saturated carbocycles. The summed E-state index contributed by atoms with van der Waals surface area (Å²) >= 11 is 0. The number of carboxylic acid groups (broad SMARTS) is 1. The highest BCUT2D eigenvalue weighted by Crippen LogP contribution is 2.22. The van der Waals surface area contributed by atoms with E-state index < -0.39 is 28.0 Å². The molecule has 0 heterocycles. The van der Waals surface area contributed by atoms with Gasteiger partial charge in [-0.25, -0.2) is 9.18 Å². The molecule has 0 atom stereocenters. The van der Waals surface area contributed by atoms with Crippen molar-refractivity contribution in [2.24, 2.45) is 0 Å². The van der Waals surface area contributed by atoms with Gasteiger partial charge in [0, 0.05) is 26.0 Å². The van der Waals surface area contributed by atoms with Crippen LogP contribution in [-0.2, 0) is 4.79 Å². The average Bonchev–Trinajstić information content (AvgIpc) is 2.38. The van der Waals surface area contributed by atoms with E-state index in [4.69, 9.17) is 5.11 Å². The lowest BCUT2D eigenvalue weighted by atomic mass is 10.1. The standard InChI is InChI=1S/C13H11FN2O5/c1-8(17)15-5-3-2-4-9-6-12(16(20)21)10(13(18)19)7-11(9)14/h6-7H,3,5H2,1H3,(H,15,17)(H,18,19). The van der Waals surface area contributed by atoms with Crippen molar-refractivity contribution < 1.29 is 24.0 Å². The monoisotopic (exact) mass is 294 g/mol. The van der Waals surface area contributed by atoms with Gasteiger partial charge in [0.2, 0.25) is 5.91 Å². The minimum absolute atomic E-state index is 0.230. The molecule has 2 N–H and O–H groups in total. The normalized spacial score (nSPS) is 9.43. The molecule has 0 saturated heterocycles. The van der Waals surface area contributed by atoms with Crippen molar-refractivity contribution in [3.05, 3.63) is 39.2 Å². The summed E-state index contributed by atoms with van der Waals surface area (Å²) in [6.07, 6.45) is 0.230. The van der Waals surface area contributed by atoms with E-state index in [1.54, 1.807) is 0 Å². The van der Waals surface area contributed by atoms with Gasteiger partial charge in [-0.05, 0) is 6.07 Å². The van der Waals surface area contributed by atoms with Crippen LogP contribution in [0.5, 0.6) is 0 Å². The number of halogens is 1. The van der Waals surface area contributed by atoms with E-state index in [2.05, 4.69) is 17.2 Å². The lowest BCUT2D eigenvalue weighted by Crippen LogP contribution is -2.20. The average molecular weight is 294 g/mol. The summed E-state index contributed by atoms with van der Waals surface area (Å²) in [5.41, 5.74) is -1.73. The van der Waals surface area contributed by atoms with Crippen LogP contribution in [0.25, 0.3) is 0 Å². The second kappa shape index (κ2) is 7.00. The van der Waals surface area contributed by atoms with Gasteiger partial charge in [-0.2, -0.15) is 0 Å². The number of hydrogen-bond donors (Lipinski definition) is 2. The van der Waals surface area contributed by atoms with Gasteiger partial charge in [0.15, 0.2) is 0 Å². The SMILES string of the molecule is CC(=O)NCCC#Cc1cc([N+](=O)[O-])c(C(=O)O)cc1F. The number of nitro groups is 1. The fourth-order valence-electron chi connectivity index (χ4n) is 1.44. The van der Waals surface area contributed by atoms with E-state index in [0.29, 0.717) is 6.07 Å². The molecule has 0 aliphatic carbocycles. The Kier molecular flexibility index (Phi) is 5.37. The molecule has 1 amide bonds. The molecule has 0 aliphatic rings. The Balaban J connectivity index is 3.01. The third kappa shape index (κ3) is 4.58. The maximum atomic E-state index is 13.6. The predicted molar refractivity (Wildman–Crippen MR) is 70.2 cm³/mol. The lowest BCUT2D eigenvalue weighted by Gasteiger charge is -2.00. The van der Waals surface area contributed by atoms with Crippen LogP contribution in [0.3, 0.4) is 0 Å². The maximum Gasteiger partial charge on any atom is 0.342 e. The number of rotatable bonds is 4. The molecule has 0 fully saturated rings. The van der Waals surface area contributed by atoms with Crippen LogP contribution in [0.15, 0.2) is 12.1 Å². The van der Waals surface area contributed by atoms with E-state index in [9.17, 15) is 24.1 Å². The van der Waals surface area contributed by atoms with Gasteiger partial charge in [-0.1, -0.05) is 11.8 Å². The number of carboxylic acids is 1. The van der Waals surface area contributed by atoms with E-state index in [1.807, 2.05) is 0 Å². The van der Waals surface area contributed by atoms with Gasteiger partial charge < -0.3 is 10.4 Å². The molecule has 0 aromatic heterocycles. The molecule has 0 spiro atoms. The van der Waals surface area contributed by atoms with Gasteiger partial charge in [0.05, 0.1) is 10.5 Å². The molecule has 7 nitrogen and oxygen atoms in total. The number of benzene rings is 1. The quantitative estimate of drug-likeness (QED) is 0.376. The van der Waals surface area contributed by atoms with Crippen LogP contribution >= 0.6 is 0 Å². The van der Waals surface area contributed by atoms with Gasteiger partial charge in [0.25, 0.3) is 5.69 Å². The largest absolute Gasteiger partial charge is 0.477 e. The zero-order valence-corrected chi connectivity index (χ0v) is 11.0. The first kappa shape index (κ1) is 16.1. The predicted octanol–water partition coefficient (Wildman–Crippen LogP) is 1.31. The van der Waals surface area contributed by atoms with Gasteiger partial charge in [0.1, 0.15) is 11.4 Å². The first-order chi connectivity index (χ1) is 9.82. The molecule has 0 unspecified atom stereocenters. The minimum atomic E-state index is -1.59. The number of carbonyl (C=O) groups excluding carboxylic acids is 1. The fraction of sp³-hybridized carbons (Fsp3) is 0.231. The topological polar surface area (TPSA) is 110 Å². The van der Waals surface area contributed by atoms with Gasteiger partial charge in [-0.3, -0.25) is 14.9 Å². The number of aromatic carboxylic acids is 1. The Bertz CT molecular complexity index is 661. The Hall–Kier alpha value is -2.95. The van der Waals surface area contributed by atoms with E-state index >= 15 is 0 Å². The highest BCUT2D eigenvalue weighted by atomic mass is 19.1. The maximum absolute atomic E-state index is 13.6. The fourth-order valence-corrected chi connectivity index (χ4v) is 1.44. The zero-order chi connectivity index (χ0) is 16.0. The summed E-state index contributed by atoms with van der Waals surface area (Å²) in [5, 5.41) is 22.0. The lowest BCUT2D eigenvalue weighted by molar-refractivity contribution is -0.385. The van der Waals surface area contributed by atoms with E-state index in [-0.39, 0.29) is 24.4 Å². The molecule has 0 aliphatic heterocycles. The summed E-state index contributed by atoms with van der Waals surface area (Å²) in [6.45, 7) is 1.60. The number of nitrogens with zero attached hydrogens (tertiary/aromatic N) is 1. The van der Waals surface area contributed by atoms with Crippen LogP contribution < -0.4 is 5.32 Å². The van der Waals surface area contributed by atoms with Crippen molar-refractivity contribution in [3.63, 3.8) is 0 Å². The number of hydrogen-bond acceptors (Lipinski definition) is 4. The molecule has 110 valence electrons. The van der Waals surface area contributed by atoms with E-state index in [1.165, 1.54) is 6.92 Å². The van der Waals surface area contributed by atoms with Crippen molar-refractivity contribution in [1.29, 1.82) is 0 Å². The van der Waals surface area contributed by atoms with Gasteiger partial charge in [-0.15, -0.1) is 0 Å². The minimum Gasteiger partial charge on any atom is -0.477 e. The zero-order valence-electron chi connectivity index (χ0n) is 11.0. The second-order valence-corrected chi connectivity index (χ2v) is 3.95. The third-order valence-electron chi connectivity index (χ3n) is 2.36. The molecular weight excluding hydrogens is 283 g/mol. The second-order valence-electron chi connectivity index (χ2n) is 3.95. The molecule has 1 aromatic rings. The van der Waals surface area contributed by atoms with Crippen molar-refractivity contribution in [2.75, 3.05) is 6.54 Å². The molecule has 1 aromatic carbocycles. The van der Waals surface area contributed by atoms with Crippen LogP contribution in [0.2, 0.25) is 0 Å². The Morgan fingerprint density at radius 2 is 2.14 bits per heavy atom. The molecule has 1 rings (SSSR count). The van der Waals surface area contributed by atoms with Crippen LogP contribution in [-0.4, -0.2) is 28.5 Å². The van der Waals surface area contributed by atoms with Crippen molar-refractivity contribution in [2.45, 2.75) is 13.3 Å². The summed E-state index contributed by atoms with van der Waals surface area (Å²) in [4.78, 5) is 31.3. The first-order valence-corrected chi connectivity index (χ1v) is 5.77. The number of carbonyl (C=O) groups is 2. The molecular formula is C13H11FN2O5. The molecule has 8 heteroatoms. The summed E-state index contributed by atoms with van der Waals surface area (Å²) in [7, 11) is 0. The van der Waals surface area contributed by atoms with Crippen molar-refractivity contribution >= 4 is 17.6 Å². The molecule has 0 radical (unpaired) electrons. The molecule has 0 bridgehead atoms. The van der Waals surface area contributed by atoms with Crippen LogP contribution in [0, 0.1) is 27.8 Å². The van der Waals surface area contributed by atoms with Crippen molar-refractivity contribution in [3.8, 4) is 11.8 Å². The summed E-state index contributed by atoms with van der Waals surface area (Å²) in [5.74, 6) is 2.13. The van der Waals surface area contributed by atoms with Gasteiger partial charge >= 0.3 is 5.97 Å². The molecule has 21 heavy (non-hydrogen) atoms. The Morgan fingerprint density at radius 1 is 1.48 bits per heavy atom. The number of nitrogens with one attached hydrogen (secondary N) is 1. The highest BCUT2D eigenvalue weighted by molar-refractivity contribution is 5.92. The summed E-state index contributed by atoms with van der Waals surface area (Å²) in [6, 6.07) is 1.35. The van der Waals surface area contributed by atoms with Crippen LogP contribution in [0.1, 0.15) is 29.3 Å².